The summed E-state index contributed by atoms with van der Waals surface area (Å²) in [7, 11) is 4.28. The maximum absolute atomic E-state index is 3.45. The molecule has 1 unspecified atom stereocenters. The Morgan fingerprint density at radius 1 is 1.05 bits per heavy atom. The van der Waals surface area contributed by atoms with E-state index in [1.807, 2.05) is 0 Å². The van der Waals surface area contributed by atoms with Gasteiger partial charge in [-0.3, -0.25) is 0 Å². The van der Waals surface area contributed by atoms with Gasteiger partial charge >= 0.3 is 0 Å². The Bertz CT molecular complexity index is 606. The van der Waals surface area contributed by atoms with E-state index in [-0.39, 0.29) is 0 Å². The highest BCUT2D eigenvalue weighted by molar-refractivity contribution is 5.58. The van der Waals surface area contributed by atoms with Crippen LogP contribution in [0.1, 0.15) is 35.6 Å². The summed E-state index contributed by atoms with van der Waals surface area (Å²) >= 11 is 0. The van der Waals surface area contributed by atoms with E-state index in [1.54, 1.807) is 11.1 Å². The molecule has 0 heterocycles. The summed E-state index contributed by atoms with van der Waals surface area (Å²) in [6, 6.07) is 17.9. The Labute approximate surface area is 134 Å². The van der Waals surface area contributed by atoms with Crippen molar-refractivity contribution in [3.8, 4) is 0 Å². The molecule has 22 heavy (non-hydrogen) atoms. The summed E-state index contributed by atoms with van der Waals surface area (Å²) in [4.78, 5) is 2.43. The fraction of sp³-hybridized carbons (Fsp3) is 0.400. The first-order valence-electron chi connectivity index (χ1n) is 8.33. The first kappa shape index (κ1) is 15.1. The zero-order valence-electron chi connectivity index (χ0n) is 13.7. The van der Waals surface area contributed by atoms with E-state index in [0.29, 0.717) is 6.04 Å². The van der Waals surface area contributed by atoms with E-state index in [0.717, 1.165) is 13.0 Å². The van der Waals surface area contributed by atoms with Crippen LogP contribution in [0.25, 0.3) is 0 Å². The summed E-state index contributed by atoms with van der Waals surface area (Å²) in [5.74, 6) is 0. The Hall–Kier alpha value is -1.80. The van der Waals surface area contributed by atoms with E-state index >= 15 is 0 Å². The molecule has 0 bridgehead atoms. The van der Waals surface area contributed by atoms with Crippen LogP contribution in [0.4, 0.5) is 5.69 Å². The van der Waals surface area contributed by atoms with Crippen LogP contribution < -0.4 is 10.2 Å². The molecule has 2 nitrogen and oxygen atoms in total. The SMILES string of the molecule is CNC(CCN(C)c1cccc2c1CCC2)c1ccccc1. The molecule has 116 valence electrons. The normalized spacial score (nSPS) is 14.6. The molecule has 1 N–H and O–H groups in total. The number of fused-ring (bicyclic) bond motifs is 1. The second kappa shape index (κ2) is 6.97. The van der Waals surface area contributed by atoms with Crippen molar-refractivity contribution in [2.75, 3.05) is 25.5 Å². The van der Waals surface area contributed by atoms with Crippen molar-refractivity contribution in [1.29, 1.82) is 0 Å². The molecule has 0 saturated carbocycles. The van der Waals surface area contributed by atoms with Crippen molar-refractivity contribution in [1.82, 2.24) is 5.32 Å². The Morgan fingerprint density at radius 3 is 2.64 bits per heavy atom. The fourth-order valence-corrected chi connectivity index (χ4v) is 3.56. The number of benzene rings is 2. The van der Waals surface area contributed by atoms with Gasteiger partial charge in [-0.2, -0.15) is 0 Å². The summed E-state index contributed by atoms with van der Waals surface area (Å²) in [5, 5.41) is 3.45. The lowest BCUT2D eigenvalue weighted by Gasteiger charge is -2.25. The monoisotopic (exact) mass is 294 g/mol. The highest BCUT2D eigenvalue weighted by Gasteiger charge is 2.17. The van der Waals surface area contributed by atoms with E-state index in [1.165, 1.54) is 30.5 Å². The topological polar surface area (TPSA) is 15.3 Å². The zero-order chi connectivity index (χ0) is 15.4. The smallest absolute Gasteiger partial charge is 0.0398 e. The van der Waals surface area contributed by atoms with Crippen LogP contribution in [0.2, 0.25) is 0 Å². The van der Waals surface area contributed by atoms with Crippen molar-refractivity contribution in [3.05, 3.63) is 65.2 Å². The van der Waals surface area contributed by atoms with Gasteiger partial charge in [0.15, 0.2) is 0 Å². The van der Waals surface area contributed by atoms with Crippen LogP contribution in [-0.4, -0.2) is 20.6 Å². The van der Waals surface area contributed by atoms with Gasteiger partial charge in [-0.05, 0) is 55.5 Å². The number of nitrogens with one attached hydrogen (secondary N) is 1. The van der Waals surface area contributed by atoms with E-state index in [9.17, 15) is 0 Å². The second-order valence-electron chi connectivity index (χ2n) is 6.23. The van der Waals surface area contributed by atoms with Gasteiger partial charge in [-0.1, -0.05) is 42.5 Å². The molecule has 0 spiro atoms. The summed E-state index contributed by atoms with van der Waals surface area (Å²) < 4.78 is 0. The summed E-state index contributed by atoms with van der Waals surface area (Å²) in [5.41, 5.74) is 5.93. The minimum absolute atomic E-state index is 0.417. The quantitative estimate of drug-likeness (QED) is 0.867. The third-order valence-electron chi connectivity index (χ3n) is 4.84. The fourth-order valence-electron chi connectivity index (χ4n) is 3.56. The maximum Gasteiger partial charge on any atom is 0.0398 e. The highest BCUT2D eigenvalue weighted by atomic mass is 15.1. The second-order valence-corrected chi connectivity index (χ2v) is 6.23. The molecule has 0 fully saturated rings. The van der Waals surface area contributed by atoms with Crippen molar-refractivity contribution in [3.63, 3.8) is 0 Å². The molecule has 2 heteroatoms. The first-order valence-corrected chi connectivity index (χ1v) is 8.33. The predicted octanol–water partition coefficient (Wildman–Crippen LogP) is 3.96. The lowest BCUT2D eigenvalue weighted by molar-refractivity contribution is 0.549. The number of hydrogen-bond acceptors (Lipinski definition) is 2. The summed E-state index contributed by atoms with van der Waals surface area (Å²) in [6.07, 6.45) is 4.91. The Kier molecular flexibility index (Phi) is 4.79. The number of nitrogens with zero attached hydrogens (tertiary/aromatic N) is 1. The maximum atomic E-state index is 3.45. The average molecular weight is 294 g/mol. The van der Waals surface area contributed by atoms with Crippen LogP contribution in [0.3, 0.4) is 0 Å². The van der Waals surface area contributed by atoms with Crippen molar-refractivity contribution < 1.29 is 0 Å². The van der Waals surface area contributed by atoms with Gasteiger partial charge in [0.25, 0.3) is 0 Å². The molecule has 0 amide bonds. The molecule has 2 aromatic carbocycles. The van der Waals surface area contributed by atoms with Gasteiger partial charge in [0.05, 0.1) is 0 Å². The molecule has 1 aliphatic rings. The van der Waals surface area contributed by atoms with Crippen LogP contribution in [0.15, 0.2) is 48.5 Å². The van der Waals surface area contributed by atoms with Crippen LogP contribution >= 0.6 is 0 Å². The molecule has 0 aliphatic heterocycles. The minimum Gasteiger partial charge on any atom is -0.374 e. The standard InChI is InChI=1S/C20H26N2/c1-21-19(17-8-4-3-5-9-17)14-15-22(2)20-13-7-11-16-10-6-12-18(16)20/h3-5,7-9,11,13,19,21H,6,10,12,14-15H2,1-2H3. The van der Waals surface area contributed by atoms with E-state index in [2.05, 4.69) is 72.8 Å². The van der Waals surface area contributed by atoms with E-state index in [4.69, 9.17) is 0 Å². The molecular weight excluding hydrogens is 268 g/mol. The molecule has 0 radical (unpaired) electrons. The predicted molar refractivity (Wildman–Crippen MR) is 94.6 cm³/mol. The van der Waals surface area contributed by atoms with Gasteiger partial charge < -0.3 is 10.2 Å². The minimum atomic E-state index is 0.417. The van der Waals surface area contributed by atoms with Crippen molar-refractivity contribution in [2.24, 2.45) is 0 Å². The van der Waals surface area contributed by atoms with Crippen molar-refractivity contribution >= 4 is 5.69 Å². The molecule has 0 aromatic heterocycles. The van der Waals surface area contributed by atoms with Gasteiger partial charge in [0, 0.05) is 25.3 Å². The molecule has 1 aliphatic carbocycles. The molecule has 2 aromatic rings. The van der Waals surface area contributed by atoms with Gasteiger partial charge in [-0.15, -0.1) is 0 Å². The van der Waals surface area contributed by atoms with Crippen LogP contribution in [-0.2, 0) is 12.8 Å². The van der Waals surface area contributed by atoms with Gasteiger partial charge in [0.1, 0.15) is 0 Å². The van der Waals surface area contributed by atoms with Crippen LogP contribution in [0, 0.1) is 0 Å². The molecular formula is C20H26N2. The number of anilines is 1. The number of rotatable bonds is 6. The molecule has 1 atom stereocenters. The molecule has 0 saturated heterocycles. The lowest BCUT2D eigenvalue weighted by Crippen LogP contribution is -2.25. The zero-order valence-corrected chi connectivity index (χ0v) is 13.7. The van der Waals surface area contributed by atoms with E-state index < -0.39 is 0 Å². The number of hydrogen-bond donors (Lipinski definition) is 1. The van der Waals surface area contributed by atoms with Crippen LogP contribution in [0.5, 0.6) is 0 Å². The average Bonchev–Trinajstić information content (AvgIpc) is 3.04. The highest BCUT2D eigenvalue weighted by Crippen LogP contribution is 2.31. The Morgan fingerprint density at radius 2 is 1.86 bits per heavy atom. The largest absolute Gasteiger partial charge is 0.374 e. The Balaban J connectivity index is 1.67. The van der Waals surface area contributed by atoms with Gasteiger partial charge in [0.2, 0.25) is 0 Å². The first-order chi connectivity index (χ1) is 10.8. The third-order valence-corrected chi connectivity index (χ3v) is 4.84. The lowest BCUT2D eigenvalue weighted by atomic mass is 10.0. The summed E-state index contributed by atoms with van der Waals surface area (Å²) in [6.45, 7) is 1.07. The number of aryl methyl sites for hydroxylation is 1. The van der Waals surface area contributed by atoms with Gasteiger partial charge in [-0.25, -0.2) is 0 Å². The third kappa shape index (κ3) is 3.17. The molecule has 3 rings (SSSR count). The van der Waals surface area contributed by atoms with Crippen molar-refractivity contribution in [2.45, 2.75) is 31.7 Å².